The zero-order valence-electron chi connectivity index (χ0n) is 16.7. The average Bonchev–Trinajstić information content (AvgIpc) is 2.60. The van der Waals surface area contributed by atoms with Crippen molar-refractivity contribution in [3.05, 3.63) is 23.9 Å². The first kappa shape index (κ1) is 20.2. The monoisotopic (exact) mass is 348 g/mol. The molecular weight excluding hydrogens is 311 g/mol. The number of hydrogen-bond donors (Lipinski definition) is 0. The first-order valence-electron chi connectivity index (χ1n) is 10.2. The Bertz CT molecular complexity index is 500. The van der Waals surface area contributed by atoms with Gasteiger partial charge in [0.1, 0.15) is 5.67 Å². The van der Waals surface area contributed by atoms with E-state index in [1.54, 1.807) is 0 Å². The molecule has 0 bridgehead atoms. The topological polar surface area (TPSA) is 15.6 Å². The number of hydrogen-bond acceptors (Lipinski definition) is 2. The summed E-state index contributed by atoms with van der Waals surface area (Å²) in [4.78, 5) is 7.04. The van der Waals surface area contributed by atoms with Crippen LogP contribution in [0.3, 0.4) is 0 Å². The third-order valence-corrected chi connectivity index (χ3v) is 6.02. The highest BCUT2D eigenvalue weighted by atomic mass is 19.1. The Hall–Kier alpha value is -1.12. The Labute approximate surface area is 154 Å². The SMILES string of the molecule is CC/C(C)=C\C/N=C(\C)C1CCN(/C=C/C2(F)CCCC(C)C2)CC1. The maximum atomic E-state index is 14.9. The van der Waals surface area contributed by atoms with Crippen molar-refractivity contribution in [1.82, 2.24) is 4.90 Å². The van der Waals surface area contributed by atoms with Crippen LogP contribution in [-0.2, 0) is 0 Å². The fraction of sp³-hybridized carbons (Fsp3) is 0.773. The third kappa shape index (κ3) is 6.60. The molecule has 1 aliphatic heterocycles. The van der Waals surface area contributed by atoms with Gasteiger partial charge in [-0.3, -0.25) is 4.99 Å². The molecule has 1 aliphatic carbocycles. The van der Waals surface area contributed by atoms with Crippen LogP contribution in [0.25, 0.3) is 0 Å². The number of halogens is 1. The molecule has 0 spiro atoms. The largest absolute Gasteiger partial charge is 0.377 e. The van der Waals surface area contributed by atoms with Gasteiger partial charge in [-0.25, -0.2) is 4.39 Å². The van der Waals surface area contributed by atoms with Gasteiger partial charge in [0, 0.05) is 18.8 Å². The van der Waals surface area contributed by atoms with E-state index >= 15 is 0 Å². The molecule has 0 aromatic heterocycles. The standard InChI is InChI=1S/C22H37FN2/c1-5-18(2)8-13-24-20(4)21-9-14-25(15-10-21)16-12-22(23)11-6-7-19(3)17-22/h8,12,16,19,21H,5-7,9-11,13-15,17H2,1-4H3/b16-12+,18-8-,24-20+. The van der Waals surface area contributed by atoms with Gasteiger partial charge in [-0.1, -0.05) is 31.9 Å². The summed E-state index contributed by atoms with van der Waals surface area (Å²) in [5, 5.41) is 0. The van der Waals surface area contributed by atoms with Crippen molar-refractivity contribution in [1.29, 1.82) is 0 Å². The van der Waals surface area contributed by atoms with E-state index in [0.29, 0.717) is 24.7 Å². The molecule has 142 valence electrons. The zero-order chi connectivity index (χ0) is 18.3. The Morgan fingerprint density at radius 1 is 1.24 bits per heavy atom. The highest BCUT2D eigenvalue weighted by Crippen LogP contribution is 2.36. The highest BCUT2D eigenvalue weighted by Gasteiger charge is 2.32. The van der Waals surface area contributed by atoms with Crippen molar-refractivity contribution in [2.75, 3.05) is 19.6 Å². The minimum Gasteiger partial charge on any atom is -0.377 e. The minimum atomic E-state index is -1.07. The van der Waals surface area contributed by atoms with Crippen molar-refractivity contribution in [2.45, 2.75) is 78.3 Å². The van der Waals surface area contributed by atoms with Gasteiger partial charge in [0.05, 0.1) is 6.54 Å². The van der Waals surface area contributed by atoms with E-state index in [2.05, 4.69) is 38.7 Å². The lowest BCUT2D eigenvalue weighted by Gasteiger charge is -2.34. The molecule has 0 amide bonds. The molecule has 0 radical (unpaired) electrons. The van der Waals surface area contributed by atoms with Crippen LogP contribution < -0.4 is 0 Å². The summed E-state index contributed by atoms with van der Waals surface area (Å²) in [6.45, 7) is 11.5. The Kier molecular flexibility index (Phi) is 7.71. The molecule has 2 unspecified atom stereocenters. The number of aliphatic imine (C=N–C) groups is 1. The van der Waals surface area contributed by atoms with Gasteiger partial charge in [0.15, 0.2) is 0 Å². The second kappa shape index (κ2) is 9.54. The molecule has 25 heavy (non-hydrogen) atoms. The van der Waals surface area contributed by atoms with Gasteiger partial charge < -0.3 is 4.90 Å². The normalized spacial score (nSPS) is 30.3. The van der Waals surface area contributed by atoms with Crippen molar-refractivity contribution >= 4 is 5.71 Å². The lowest BCUT2D eigenvalue weighted by Crippen LogP contribution is -2.34. The first-order chi connectivity index (χ1) is 11.9. The maximum Gasteiger partial charge on any atom is 0.131 e. The van der Waals surface area contributed by atoms with Gasteiger partial charge in [-0.2, -0.15) is 0 Å². The van der Waals surface area contributed by atoms with Crippen LogP contribution >= 0.6 is 0 Å². The van der Waals surface area contributed by atoms with Crippen LogP contribution in [0.15, 0.2) is 28.9 Å². The van der Waals surface area contributed by atoms with Crippen LogP contribution in [0.2, 0.25) is 0 Å². The predicted octanol–water partition coefficient (Wildman–Crippen LogP) is 5.95. The van der Waals surface area contributed by atoms with Gasteiger partial charge >= 0.3 is 0 Å². The Morgan fingerprint density at radius 2 is 1.96 bits per heavy atom. The van der Waals surface area contributed by atoms with E-state index in [1.165, 1.54) is 17.7 Å². The second-order valence-electron chi connectivity index (χ2n) is 8.25. The highest BCUT2D eigenvalue weighted by molar-refractivity contribution is 5.84. The third-order valence-electron chi connectivity index (χ3n) is 6.02. The second-order valence-corrected chi connectivity index (χ2v) is 8.25. The van der Waals surface area contributed by atoms with Crippen LogP contribution in [0.5, 0.6) is 0 Å². The van der Waals surface area contributed by atoms with Gasteiger partial charge in [-0.15, -0.1) is 0 Å². The molecule has 2 atom stereocenters. The van der Waals surface area contributed by atoms with Gasteiger partial charge in [0.2, 0.25) is 0 Å². The summed E-state index contributed by atoms with van der Waals surface area (Å²) in [6.07, 6.45) is 13.1. The van der Waals surface area contributed by atoms with Crippen molar-refractivity contribution in [3.63, 3.8) is 0 Å². The van der Waals surface area contributed by atoms with Crippen LogP contribution in [0, 0.1) is 11.8 Å². The van der Waals surface area contributed by atoms with E-state index in [4.69, 9.17) is 4.99 Å². The van der Waals surface area contributed by atoms with E-state index in [0.717, 1.165) is 45.3 Å². The van der Waals surface area contributed by atoms with Crippen LogP contribution in [-0.4, -0.2) is 35.9 Å². The summed E-state index contributed by atoms with van der Waals surface area (Å²) in [5.74, 6) is 1.10. The Morgan fingerprint density at radius 3 is 2.60 bits per heavy atom. The predicted molar refractivity (Wildman–Crippen MR) is 107 cm³/mol. The number of rotatable bonds is 6. The molecule has 1 saturated heterocycles. The molecule has 3 heteroatoms. The number of alkyl halides is 1. The number of likely N-dealkylation sites (tertiary alicyclic amines) is 1. The lowest BCUT2D eigenvalue weighted by molar-refractivity contribution is 0.128. The van der Waals surface area contributed by atoms with E-state index in [1.807, 2.05) is 12.3 Å². The van der Waals surface area contributed by atoms with E-state index in [9.17, 15) is 4.39 Å². The minimum absolute atomic E-state index is 0.512. The molecule has 1 heterocycles. The fourth-order valence-electron chi connectivity index (χ4n) is 4.00. The van der Waals surface area contributed by atoms with Gasteiger partial charge in [0.25, 0.3) is 0 Å². The van der Waals surface area contributed by atoms with Crippen LogP contribution in [0.1, 0.15) is 72.6 Å². The maximum absolute atomic E-state index is 14.9. The van der Waals surface area contributed by atoms with Crippen molar-refractivity contribution in [3.8, 4) is 0 Å². The van der Waals surface area contributed by atoms with E-state index in [-0.39, 0.29) is 0 Å². The summed E-state index contributed by atoms with van der Waals surface area (Å²) in [7, 11) is 0. The lowest BCUT2D eigenvalue weighted by atomic mass is 9.80. The number of allylic oxidation sites excluding steroid dienone is 2. The fourth-order valence-corrected chi connectivity index (χ4v) is 4.00. The molecule has 2 fully saturated rings. The molecular formula is C22H37FN2. The average molecular weight is 349 g/mol. The molecule has 1 saturated carbocycles. The van der Waals surface area contributed by atoms with Crippen molar-refractivity contribution in [2.24, 2.45) is 16.8 Å². The quantitative estimate of drug-likeness (QED) is 0.428. The van der Waals surface area contributed by atoms with E-state index < -0.39 is 5.67 Å². The Balaban J connectivity index is 1.79. The summed E-state index contributed by atoms with van der Waals surface area (Å²) in [6, 6.07) is 0. The van der Waals surface area contributed by atoms with Gasteiger partial charge in [-0.05, 0) is 76.5 Å². The zero-order valence-corrected chi connectivity index (χ0v) is 16.7. The summed E-state index contributed by atoms with van der Waals surface area (Å²) >= 11 is 0. The molecule has 2 rings (SSSR count). The molecule has 0 N–H and O–H groups in total. The first-order valence-corrected chi connectivity index (χ1v) is 10.2. The molecule has 0 aromatic carbocycles. The molecule has 2 nitrogen and oxygen atoms in total. The molecule has 0 aromatic rings. The summed E-state index contributed by atoms with van der Waals surface area (Å²) < 4.78 is 14.9. The smallest absolute Gasteiger partial charge is 0.131 e. The van der Waals surface area contributed by atoms with Crippen molar-refractivity contribution < 1.29 is 4.39 Å². The number of piperidine rings is 1. The molecule has 2 aliphatic rings. The van der Waals surface area contributed by atoms with Crippen LogP contribution in [0.4, 0.5) is 4.39 Å². The number of nitrogens with zero attached hydrogens (tertiary/aromatic N) is 2. The summed E-state index contributed by atoms with van der Waals surface area (Å²) in [5.41, 5.74) is 1.62.